The van der Waals surface area contributed by atoms with Crippen LogP contribution in [0.15, 0.2) is 54.6 Å². The minimum absolute atomic E-state index is 0.0428. The van der Waals surface area contributed by atoms with E-state index in [1.165, 1.54) is 24.8 Å². The van der Waals surface area contributed by atoms with Gasteiger partial charge in [-0.25, -0.2) is 0 Å². The minimum Gasteiger partial charge on any atom is -0.457 e. The Kier molecular flexibility index (Phi) is 4.79. The summed E-state index contributed by atoms with van der Waals surface area (Å²) in [5, 5.41) is 11.4. The quantitative estimate of drug-likeness (QED) is 0.688. The second-order valence-corrected chi connectivity index (χ2v) is 9.39. The Morgan fingerprint density at radius 1 is 1.00 bits per heavy atom. The van der Waals surface area contributed by atoms with Gasteiger partial charge in [-0.2, -0.15) is 11.8 Å². The summed E-state index contributed by atoms with van der Waals surface area (Å²) in [6, 6.07) is 18.2. The van der Waals surface area contributed by atoms with Gasteiger partial charge >= 0.3 is 0 Å². The first-order chi connectivity index (χ1) is 12.5. The van der Waals surface area contributed by atoms with Crippen LogP contribution in [0.25, 0.3) is 0 Å². The van der Waals surface area contributed by atoms with Crippen molar-refractivity contribution >= 4 is 11.8 Å². The molecule has 2 aromatic rings. The smallest absolute Gasteiger partial charge is 0.127 e. The lowest BCUT2D eigenvalue weighted by Gasteiger charge is -2.46. The first-order valence-corrected chi connectivity index (χ1v) is 10.8. The van der Waals surface area contributed by atoms with E-state index in [4.69, 9.17) is 4.74 Å². The van der Waals surface area contributed by atoms with E-state index in [0.717, 1.165) is 23.0 Å². The van der Waals surface area contributed by atoms with Crippen molar-refractivity contribution in [2.24, 2.45) is 17.3 Å². The maximum absolute atomic E-state index is 11.4. The summed E-state index contributed by atoms with van der Waals surface area (Å²) in [5.41, 5.74) is 0.771. The molecular formula is C23H28O2S. The number of ether oxygens (including phenoxy) is 1. The van der Waals surface area contributed by atoms with Crippen LogP contribution in [0.3, 0.4) is 0 Å². The topological polar surface area (TPSA) is 29.5 Å². The highest BCUT2D eigenvalue weighted by Gasteiger charge is 2.61. The van der Waals surface area contributed by atoms with Crippen LogP contribution in [0.5, 0.6) is 11.5 Å². The summed E-state index contributed by atoms with van der Waals surface area (Å²) < 4.78 is 5.93. The van der Waals surface area contributed by atoms with Crippen molar-refractivity contribution in [3.05, 3.63) is 60.2 Å². The summed E-state index contributed by atoms with van der Waals surface area (Å²) in [6.07, 6.45) is 3.71. The van der Waals surface area contributed by atoms with Crippen molar-refractivity contribution in [2.75, 3.05) is 5.75 Å². The van der Waals surface area contributed by atoms with E-state index in [9.17, 15) is 5.11 Å². The molecule has 3 atom stereocenters. The molecule has 2 aliphatic carbocycles. The van der Waals surface area contributed by atoms with Crippen LogP contribution in [0.4, 0.5) is 0 Å². The SMILES string of the molecule is CC1(C)[C@H]2CC[C@@H](C2)[C@]1(O)CSCc1cccc(Oc2ccccc2)c1. The number of rotatable bonds is 6. The Hall–Kier alpha value is -1.45. The van der Waals surface area contributed by atoms with Gasteiger partial charge in [0.25, 0.3) is 0 Å². The third-order valence-corrected chi connectivity index (χ3v) is 7.89. The van der Waals surface area contributed by atoms with Gasteiger partial charge in [-0.3, -0.25) is 0 Å². The molecule has 3 heteroatoms. The molecular weight excluding hydrogens is 340 g/mol. The van der Waals surface area contributed by atoms with Gasteiger partial charge in [-0.15, -0.1) is 0 Å². The Bertz CT molecular complexity index is 758. The highest BCUT2D eigenvalue weighted by atomic mass is 32.2. The molecule has 0 radical (unpaired) electrons. The van der Waals surface area contributed by atoms with E-state index in [0.29, 0.717) is 11.8 Å². The number of aliphatic hydroxyl groups is 1. The van der Waals surface area contributed by atoms with Gasteiger partial charge in [-0.1, -0.05) is 44.2 Å². The van der Waals surface area contributed by atoms with Crippen LogP contribution in [0.1, 0.15) is 38.7 Å². The number of hydrogen-bond donors (Lipinski definition) is 1. The van der Waals surface area contributed by atoms with Crippen LogP contribution in [-0.2, 0) is 5.75 Å². The number of thioether (sulfide) groups is 1. The summed E-state index contributed by atoms with van der Waals surface area (Å²) in [6.45, 7) is 4.54. The Balaban J connectivity index is 1.37. The summed E-state index contributed by atoms with van der Waals surface area (Å²) >= 11 is 1.85. The molecule has 2 aliphatic rings. The fourth-order valence-electron chi connectivity index (χ4n) is 4.90. The van der Waals surface area contributed by atoms with Crippen molar-refractivity contribution in [2.45, 2.75) is 44.5 Å². The Morgan fingerprint density at radius 2 is 1.73 bits per heavy atom. The predicted molar refractivity (Wildman–Crippen MR) is 109 cm³/mol. The van der Waals surface area contributed by atoms with Gasteiger partial charge in [0.05, 0.1) is 5.60 Å². The highest BCUT2D eigenvalue weighted by molar-refractivity contribution is 7.98. The van der Waals surface area contributed by atoms with Gasteiger partial charge in [0, 0.05) is 11.5 Å². The average Bonchev–Trinajstić information content (AvgIpc) is 3.19. The first-order valence-electron chi connectivity index (χ1n) is 9.61. The second-order valence-electron chi connectivity index (χ2n) is 8.41. The first kappa shape index (κ1) is 17.9. The van der Waals surface area contributed by atoms with E-state index in [2.05, 4.69) is 26.0 Å². The number of benzene rings is 2. The molecule has 4 rings (SSSR count). The van der Waals surface area contributed by atoms with Crippen molar-refractivity contribution in [1.29, 1.82) is 0 Å². The molecule has 0 aliphatic heterocycles. The summed E-state index contributed by atoms with van der Waals surface area (Å²) in [5.74, 6) is 4.64. The molecule has 0 aromatic heterocycles. The zero-order valence-corrected chi connectivity index (χ0v) is 16.5. The van der Waals surface area contributed by atoms with Gasteiger partial charge in [0.2, 0.25) is 0 Å². The molecule has 0 spiro atoms. The standard InChI is InChI=1S/C23H28O2S/c1-22(2)18-11-12-19(14-18)23(22,24)16-26-15-17-7-6-10-21(13-17)25-20-8-4-3-5-9-20/h3-10,13,18-19,24H,11-12,14-16H2,1-2H3/t18-,19-,23+/m0/s1. The summed E-state index contributed by atoms with van der Waals surface area (Å²) in [7, 11) is 0. The number of fused-ring (bicyclic) bond motifs is 2. The van der Waals surface area contributed by atoms with Gasteiger partial charge < -0.3 is 9.84 Å². The van der Waals surface area contributed by atoms with Gasteiger partial charge in [0.1, 0.15) is 11.5 Å². The normalized spacial score (nSPS) is 29.0. The van der Waals surface area contributed by atoms with Crippen LogP contribution < -0.4 is 4.74 Å². The summed E-state index contributed by atoms with van der Waals surface area (Å²) in [4.78, 5) is 0. The molecule has 0 saturated heterocycles. The van der Waals surface area contributed by atoms with Crippen molar-refractivity contribution in [1.82, 2.24) is 0 Å². The van der Waals surface area contributed by atoms with Crippen LogP contribution in [-0.4, -0.2) is 16.5 Å². The van der Waals surface area contributed by atoms with Crippen molar-refractivity contribution in [3.63, 3.8) is 0 Å². The van der Waals surface area contributed by atoms with Gasteiger partial charge in [-0.05, 0) is 66.3 Å². The highest BCUT2D eigenvalue weighted by Crippen LogP contribution is 2.62. The maximum atomic E-state index is 11.4. The van der Waals surface area contributed by atoms with E-state index < -0.39 is 5.60 Å². The van der Waals surface area contributed by atoms with E-state index in [-0.39, 0.29) is 5.41 Å². The lowest BCUT2D eigenvalue weighted by atomic mass is 9.66. The third-order valence-electron chi connectivity index (χ3n) is 6.71. The molecule has 2 aromatic carbocycles. The molecule has 0 unspecified atom stereocenters. The van der Waals surface area contributed by atoms with E-state index >= 15 is 0 Å². The van der Waals surface area contributed by atoms with E-state index in [1.807, 2.05) is 54.2 Å². The molecule has 1 N–H and O–H groups in total. The molecule has 2 fully saturated rings. The predicted octanol–water partition coefficient (Wildman–Crippen LogP) is 5.90. The zero-order valence-electron chi connectivity index (χ0n) is 15.7. The average molecular weight is 369 g/mol. The van der Waals surface area contributed by atoms with Gasteiger partial charge in [0.15, 0.2) is 0 Å². The molecule has 2 bridgehead atoms. The molecule has 0 heterocycles. The molecule has 2 nitrogen and oxygen atoms in total. The molecule has 138 valence electrons. The lowest BCUT2D eigenvalue weighted by molar-refractivity contribution is -0.0862. The minimum atomic E-state index is -0.515. The van der Waals surface area contributed by atoms with Crippen LogP contribution in [0.2, 0.25) is 0 Å². The Labute approximate surface area is 161 Å². The largest absolute Gasteiger partial charge is 0.457 e. The molecule has 26 heavy (non-hydrogen) atoms. The molecule has 0 amide bonds. The van der Waals surface area contributed by atoms with Crippen molar-refractivity contribution in [3.8, 4) is 11.5 Å². The monoisotopic (exact) mass is 368 g/mol. The number of para-hydroxylation sites is 1. The fraction of sp³-hybridized carbons (Fsp3) is 0.478. The Morgan fingerprint density at radius 3 is 2.46 bits per heavy atom. The fourth-order valence-corrected chi connectivity index (χ4v) is 6.34. The zero-order chi connectivity index (χ0) is 18.2. The lowest BCUT2D eigenvalue weighted by Crippen LogP contribution is -2.51. The van der Waals surface area contributed by atoms with Crippen molar-refractivity contribution < 1.29 is 9.84 Å². The third kappa shape index (κ3) is 3.16. The molecule has 2 saturated carbocycles. The maximum Gasteiger partial charge on any atom is 0.127 e. The van der Waals surface area contributed by atoms with Crippen LogP contribution in [0, 0.1) is 17.3 Å². The van der Waals surface area contributed by atoms with Crippen LogP contribution >= 0.6 is 11.8 Å². The second kappa shape index (κ2) is 6.94. The van der Waals surface area contributed by atoms with E-state index in [1.54, 1.807) is 0 Å². The number of hydrogen-bond acceptors (Lipinski definition) is 3.